The Morgan fingerprint density at radius 3 is 2.57 bits per heavy atom. The Hall–Kier alpha value is -4.19. The van der Waals surface area contributed by atoms with Crippen LogP contribution in [0.3, 0.4) is 0 Å². The van der Waals surface area contributed by atoms with E-state index in [1.165, 1.54) is 12.3 Å². The van der Waals surface area contributed by atoms with Crippen LogP contribution in [0.15, 0.2) is 88.4 Å². The highest BCUT2D eigenvalue weighted by molar-refractivity contribution is 5.95. The highest BCUT2D eigenvalue weighted by Gasteiger charge is 2.13. The van der Waals surface area contributed by atoms with E-state index in [0.717, 1.165) is 16.3 Å². The Balaban J connectivity index is 1.43. The van der Waals surface area contributed by atoms with Crippen molar-refractivity contribution in [2.45, 2.75) is 6.42 Å². The number of nitrogens with one attached hydrogen (secondary N) is 1. The fourth-order valence-corrected chi connectivity index (χ4v) is 3.28. The summed E-state index contributed by atoms with van der Waals surface area (Å²) in [7, 11) is 0. The van der Waals surface area contributed by atoms with Crippen molar-refractivity contribution in [2.75, 3.05) is 0 Å². The Labute approximate surface area is 172 Å². The van der Waals surface area contributed by atoms with Gasteiger partial charge in [0.05, 0.1) is 18.2 Å². The van der Waals surface area contributed by atoms with Gasteiger partial charge in [-0.2, -0.15) is 5.10 Å². The molecular formula is C24H18N2O4. The molecule has 0 atom stereocenters. The number of furan rings is 1. The summed E-state index contributed by atoms with van der Waals surface area (Å²) in [6.45, 7) is 0. The second-order valence-corrected chi connectivity index (χ2v) is 6.66. The van der Waals surface area contributed by atoms with Crippen LogP contribution in [0.25, 0.3) is 22.1 Å². The van der Waals surface area contributed by atoms with E-state index in [4.69, 9.17) is 4.42 Å². The number of amides is 1. The highest BCUT2D eigenvalue weighted by atomic mass is 16.4. The number of carboxylic acids is 1. The first kappa shape index (κ1) is 19.1. The van der Waals surface area contributed by atoms with E-state index in [2.05, 4.69) is 10.5 Å². The summed E-state index contributed by atoms with van der Waals surface area (Å²) < 4.78 is 5.65. The summed E-state index contributed by atoms with van der Waals surface area (Å²) in [4.78, 5) is 23.6. The first-order valence-electron chi connectivity index (χ1n) is 9.33. The fraction of sp³-hybridized carbons (Fsp3) is 0.0417. The van der Waals surface area contributed by atoms with Crippen LogP contribution >= 0.6 is 0 Å². The summed E-state index contributed by atoms with van der Waals surface area (Å²) >= 11 is 0. The van der Waals surface area contributed by atoms with Gasteiger partial charge in [-0.15, -0.1) is 0 Å². The molecule has 0 aliphatic carbocycles. The van der Waals surface area contributed by atoms with Gasteiger partial charge in [-0.3, -0.25) is 4.79 Å². The van der Waals surface area contributed by atoms with Crippen LogP contribution in [-0.4, -0.2) is 23.2 Å². The third kappa shape index (κ3) is 4.12. The zero-order chi connectivity index (χ0) is 20.9. The number of carboxylic acid groups (broad SMARTS) is 1. The van der Waals surface area contributed by atoms with E-state index >= 15 is 0 Å². The molecule has 30 heavy (non-hydrogen) atoms. The molecule has 6 heteroatoms. The number of carbonyl (C=O) groups excluding carboxylic acids is 1. The van der Waals surface area contributed by atoms with Crippen LogP contribution in [-0.2, 0) is 11.2 Å². The van der Waals surface area contributed by atoms with E-state index in [-0.39, 0.29) is 17.9 Å². The van der Waals surface area contributed by atoms with Crippen molar-refractivity contribution in [3.63, 3.8) is 0 Å². The Kier molecular flexibility index (Phi) is 5.39. The molecule has 3 aromatic carbocycles. The van der Waals surface area contributed by atoms with Gasteiger partial charge < -0.3 is 9.52 Å². The van der Waals surface area contributed by atoms with E-state index in [9.17, 15) is 14.7 Å². The number of fused-ring (bicyclic) bond motifs is 1. The van der Waals surface area contributed by atoms with Crippen molar-refractivity contribution in [3.8, 4) is 11.3 Å². The van der Waals surface area contributed by atoms with Crippen LogP contribution in [0, 0.1) is 0 Å². The SMILES string of the molecule is O=C(Cc1cccc2ccccc12)N/N=C\c1ccc(-c2ccccc2C(=O)O)o1. The molecule has 4 aromatic rings. The topological polar surface area (TPSA) is 91.9 Å². The van der Waals surface area contributed by atoms with Crippen molar-refractivity contribution >= 4 is 28.9 Å². The summed E-state index contributed by atoms with van der Waals surface area (Å²) in [5.41, 5.74) is 4.05. The number of hydrazone groups is 1. The number of hydrogen-bond acceptors (Lipinski definition) is 4. The molecule has 0 unspecified atom stereocenters. The first-order valence-corrected chi connectivity index (χ1v) is 9.33. The van der Waals surface area contributed by atoms with Crippen LogP contribution in [0.5, 0.6) is 0 Å². The smallest absolute Gasteiger partial charge is 0.336 e. The molecule has 0 aliphatic heterocycles. The van der Waals surface area contributed by atoms with Gasteiger partial charge in [-0.1, -0.05) is 60.7 Å². The third-order valence-electron chi connectivity index (χ3n) is 4.66. The van der Waals surface area contributed by atoms with Gasteiger partial charge in [0.15, 0.2) is 0 Å². The largest absolute Gasteiger partial charge is 0.478 e. The minimum atomic E-state index is -1.03. The molecule has 0 spiro atoms. The van der Waals surface area contributed by atoms with Crippen molar-refractivity contribution in [1.82, 2.24) is 5.43 Å². The lowest BCUT2D eigenvalue weighted by Crippen LogP contribution is -2.19. The van der Waals surface area contributed by atoms with E-state index in [1.807, 2.05) is 42.5 Å². The molecule has 0 radical (unpaired) electrons. The molecule has 0 saturated heterocycles. The lowest BCUT2D eigenvalue weighted by Gasteiger charge is -2.05. The van der Waals surface area contributed by atoms with E-state index in [1.54, 1.807) is 30.3 Å². The van der Waals surface area contributed by atoms with Crippen molar-refractivity contribution in [2.24, 2.45) is 5.10 Å². The third-order valence-corrected chi connectivity index (χ3v) is 4.66. The number of hydrogen-bond donors (Lipinski definition) is 2. The molecule has 0 aliphatic rings. The highest BCUT2D eigenvalue weighted by Crippen LogP contribution is 2.25. The van der Waals surface area contributed by atoms with Gasteiger partial charge in [0, 0.05) is 5.56 Å². The maximum Gasteiger partial charge on any atom is 0.336 e. The molecule has 148 valence electrons. The van der Waals surface area contributed by atoms with E-state index in [0.29, 0.717) is 17.1 Å². The molecule has 0 fully saturated rings. The molecule has 1 heterocycles. The lowest BCUT2D eigenvalue weighted by atomic mass is 10.0. The first-order chi connectivity index (χ1) is 14.6. The predicted molar refractivity (Wildman–Crippen MR) is 114 cm³/mol. The van der Waals surface area contributed by atoms with Crippen molar-refractivity contribution in [1.29, 1.82) is 0 Å². The summed E-state index contributed by atoms with van der Waals surface area (Å²) in [5, 5.41) is 15.4. The molecule has 1 aromatic heterocycles. The zero-order valence-corrected chi connectivity index (χ0v) is 15.9. The quantitative estimate of drug-likeness (QED) is 0.370. The molecule has 6 nitrogen and oxygen atoms in total. The average molecular weight is 398 g/mol. The molecular weight excluding hydrogens is 380 g/mol. The van der Waals surface area contributed by atoms with Crippen molar-refractivity contribution in [3.05, 3.63) is 95.7 Å². The van der Waals surface area contributed by atoms with Gasteiger partial charge in [0.1, 0.15) is 11.5 Å². The van der Waals surface area contributed by atoms with E-state index < -0.39 is 5.97 Å². The number of rotatable bonds is 6. The summed E-state index contributed by atoms with van der Waals surface area (Å²) in [5.74, 6) is -0.462. The second kappa shape index (κ2) is 8.45. The number of carbonyl (C=O) groups is 2. The number of benzene rings is 3. The standard InChI is InChI=1S/C24H18N2O4/c27-23(14-17-8-5-7-16-6-1-2-9-19(16)17)26-25-15-18-12-13-22(30-18)20-10-3-4-11-21(20)24(28)29/h1-13,15H,14H2,(H,26,27)(H,28,29)/b25-15-. The Morgan fingerprint density at radius 2 is 1.70 bits per heavy atom. The van der Waals surface area contributed by atoms with Gasteiger partial charge in [-0.25, -0.2) is 10.2 Å². The van der Waals surface area contributed by atoms with Gasteiger partial charge >= 0.3 is 5.97 Å². The molecule has 4 rings (SSSR count). The van der Waals surface area contributed by atoms with Crippen LogP contribution < -0.4 is 5.43 Å². The van der Waals surface area contributed by atoms with Gasteiger partial charge in [0.2, 0.25) is 5.91 Å². The maximum absolute atomic E-state index is 12.3. The van der Waals surface area contributed by atoms with Crippen LogP contribution in [0.1, 0.15) is 21.7 Å². The zero-order valence-electron chi connectivity index (χ0n) is 15.9. The summed E-state index contributed by atoms with van der Waals surface area (Å²) in [6.07, 6.45) is 1.59. The molecule has 2 N–H and O–H groups in total. The maximum atomic E-state index is 12.3. The number of aromatic carboxylic acids is 1. The minimum absolute atomic E-state index is 0.152. The Morgan fingerprint density at radius 1 is 0.933 bits per heavy atom. The van der Waals surface area contributed by atoms with Gasteiger partial charge in [0.25, 0.3) is 0 Å². The normalized spacial score (nSPS) is 11.1. The fourth-order valence-electron chi connectivity index (χ4n) is 3.28. The number of nitrogens with zero attached hydrogens (tertiary/aromatic N) is 1. The molecule has 0 saturated carbocycles. The molecule has 0 bridgehead atoms. The summed E-state index contributed by atoms with van der Waals surface area (Å²) in [6, 6.07) is 23.7. The lowest BCUT2D eigenvalue weighted by molar-refractivity contribution is -0.120. The van der Waals surface area contributed by atoms with Crippen LogP contribution in [0.2, 0.25) is 0 Å². The monoisotopic (exact) mass is 398 g/mol. The predicted octanol–water partition coefficient (Wildman–Crippen LogP) is 4.49. The average Bonchev–Trinajstić information content (AvgIpc) is 3.23. The van der Waals surface area contributed by atoms with Gasteiger partial charge in [-0.05, 0) is 34.5 Å². The Bertz CT molecular complexity index is 1250. The van der Waals surface area contributed by atoms with Crippen molar-refractivity contribution < 1.29 is 19.1 Å². The van der Waals surface area contributed by atoms with Crippen LogP contribution in [0.4, 0.5) is 0 Å². The second-order valence-electron chi connectivity index (χ2n) is 6.66. The minimum Gasteiger partial charge on any atom is -0.478 e. The molecule has 1 amide bonds.